The van der Waals surface area contributed by atoms with E-state index in [1.807, 2.05) is 20.8 Å². The average molecular weight is 238 g/mol. The van der Waals surface area contributed by atoms with E-state index in [9.17, 15) is 9.59 Å². The molecule has 0 aromatic rings. The summed E-state index contributed by atoms with van der Waals surface area (Å²) in [6.45, 7) is 5.94. The third-order valence-electron chi connectivity index (χ3n) is 4.62. The van der Waals surface area contributed by atoms with Gasteiger partial charge in [-0.25, -0.2) is 0 Å². The Kier molecular flexibility index (Phi) is 2.92. The Bertz CT molecular complexity index is 351. The van der Waals surface area contributed by atoms with Crippen molar-refractivity contribution in [3.8, 4) is 0 Å². The SMILES string of the molecule is CCC(C)C1NC(=O)C(C)(C2CC2)N(C)C1=O. The van der Waals surface area contributed by atoms with Crippen LogP contribution in [0, 0.1) is 11.8 Å². The number of likely N-dealkylation sites (N-methyl/N-ethyl adjacent to an activating group) is 1. The highest BCUT2D eigenvalue weighted by Crippen LogP contribution is 2.44. The summed E-state index contributed by atoms with van der Waals surface area (Å²) in [5.41, 5.74) is -0.624. The van der Waals surface area contributed by atoms with E-state index < -0.39 is 5.54 Å². The number of carbonyl (C=O) groups is 2. The number of amides is 2. The van der Waals surface area contributed by atoms with Crippen molar-refractivity contribution in [1.82, 2.24) is 10.2 Å². The van der Waals surface area contributed by atoms with E-state index in [0.717, 1.165) is 19.3 Å². The van der Waals surface area contributed by atoms with Gasteiger partial charge in [-0.3, -0.25) is 9.59 Å². The van der Waals surface area contributed by atoms with Crippen LogP contribution < -0.4 is 5.32 Å². The number of piperazine rings is 1. The summed E-state index contributed by atoms with van der Waals surface area (Å²) in [6, 6.07) is -0.343. The van der Waals surface area contributed by atoms with Gasteiger partial charge in [-0.15, -0.1) is 0 Å². The van der Waals surface area contributed by atoms with Crippen molar-refractivity contribution in [2.75, 3.05) is 7.05 Å². The first-order valence-corrected chi connectivity index (χ1v) is 6.51. The smallest absolute Gasteiger partial charge is 0.246 e. The summed E-state index contributed by atoms with van der Waals surface area (Å²) in [5, 5.41) is 2.93. The first-order valence-electron chi connectivity index (χ1n) is 6.51. The van der Waals surface area contributed by atoms with Crippen LogP contribution in [-0.2, 0) is 9.59 Å². The lowest BCUT2D eigenvalue weighted by atomic mass is 9.85. The molecule has 0 spiro atoms. The maximum absolute atomic E-state index is 12.3. The summed E-state index contributed by atoms with van der Waals surface area (Å²) in [4.78, 5) is 26.3. The highest BCUT2D eigenvalue weighted by atomic mass is 16.2. The number of hydrogen-bond acceptors (Lipinski definition) is 2. The molecule has 3 unspecified atom stereocenters. The van der Waals surface area contributed by atoms with Gasteiger partial charge in [-0.05, 0) is 31.6 Å². The number of nitrogens with one attached hydrogen (secondary N) is 1. The average Bonchev–Trinajstić information content (AvgIpc) is 3.14. The summed E-state index contributed by atoms with van der Waals surface area (Å²) < 4.78 is 0. The molecule has 0 aromatic heterocycles. The highest BCUT2D eigenvalue weighted by molar-refractivity contribution is 6.00. The molecule has 96 valence electrons. The Balaban J connectivity index is 2.24. The van der Waals surface area contributed by atoms with Gasteiger partial charge in [-0.1, -0.05) is 20.3 Å². The Labute approximate surface area is 103 Å². The van der Waals surface area contributed by atoms with E-state index in [1.165, 1.54) is 0 Å². The molecule has 4 nitrogen and oxygen atoms in total. The van der Waals surface area contributed by atoms with Gasteiger partial charge in [0.2, 0.25) is 11.8 Å². The fourth-order valence-corrected chi connectivity index (χ4v) is 2.66. The minimum atomic E-state index is -0.624. The standard InChI is InChI=1S/C13H22N2O2/c1-5-8(2)10-11(16)15(4)13(3,9-6-7-9)12(17)14-10/h8-10H,5-7H2,1-4H3,(H,14,17). The summed E-state index contributed by atoms with van der Waals surface area (Å²) in [7, 11) is 1.77. The molecule has 0 aromatic carbocycles. The maximum Gasteiger partial charge on any atom is 0.246 e. The molecule has 4 heteroatoms. The lowest BCUT2D eigenvalue weighted by Gasteiger charge is -2.46. The Morgan fingerprint density at radius 3 is 2.53 bits per heavy atom. The quantitative estimate of drug-likeness (QED) is 0.802. The van der Waals surface area contributed by atoms with Crippen molar-refractivity contribution in [2.24, 2.45) is 11.8 Å². The lowest BCUT2D eigenvalue weighted by Crippen LogP contribution is -2.70. The number of hydrogen-bond donors (Lipinski definition) is 1. The zero-order valence-corrected chi connectivity index (χ0v) is 11.1. The van der Waals surface area contributed by atoms with E-state index >= 15 is 0 Å². The van der Waals surface area contributed by atoms with Crippen LogP contribution in [0.3, 0.4) is 0 Å². The molecular formula is C13H22N2O2. The molecule has 1 saturated heterocycles. The molecule has 2 rings (SSSR count). The Morgan fingerprint density at radius 1 is 1.47 bits per heavy atom. The lowest BCUT2D eigenvalue weighted by molar-refractivity contribution is -0.157. The second kappa shape index (κ2) is 4.00. The van der Waals surface area contributed by atoms with Gasteiger partial charge in [0, 0.05) is 7.05 Å². The molecule has 2 amide bonds. The van der Waals surface area contributed by atoms with Crippen molar-refractivity contribution in [3.05, 3.63) is 0 Å². The van der Waals surface area contributed by atoms with Gasteiger partial charge >= 0.3 is 0 Å². The van der Waals surface area contributed by atoms with E-state index in [2.05, 4.69) is 5.32 Å². The second-order valence-corrected chi connectivity index (χ2v) is 5.66. The largest absolute Gasteiger partial charge is 0.342 e. The second-order valence-electron chi connectivity index (χ2n) is 5.66. The predicted molar refractivity (Wildman–Crippen MR) is 65.3 cm³/mol. The molecular weight excluding hydrogens is 216 g/mol. The van der Waals surface area contributed by atoms with Crippen molar-refractivity contribution < 1.29 is 9.59 Å². The van der Waals surface area contributed by atoms with Crippen LogP contribution in [0.25, 0.3) is 0 Å². The Hall–Kier alpha value is -1.06. The highest BCUT2D eigenvalue weighted by Gasteiger charge is 2.56. The molecule has 1 N–H and O–H groups in total. The first-order chi connectivity index (χ1) is 7.92. The number of carbonyl (C=O) groups excluding carboxylic acids is 2. The summed E-state index contributed by atoms with van der Waals surface area (Å²) >= 11 is 0. The van der Waals surface area contributed by atoms with E-state index in [-0.39, 0.29) is 23.8 Å². The number of nitrogens with zero attached hydrogens (tertiary/aromatic N) is 1. The fraction of sp³-hybridized carbons (Fsp3) is 0.846. The monoisotopic (exact) mass is 238 g/mol. The molecule has 1 aliphatic heterocycles. The van der Waals surface area contributed by atoms with E-state index in [0.29, 0.717) is 5.92 Å². The zero-order chi connectivity index (χ0) is 12.8. The molecule has 2 fully saturated rings. The van der Waals surface area contributed by atoms with E-state index in [1.54, 1.807) is 11.9 Å². The van der Waals surface area contributed by atoms with Crippen LogP contribution in [0.4, 0.5) is 0 Å². The summed E-state index contributed by atoms with van der Waals surface area (Å²) in [5.74, 6) is 0.618. The van der Waals surface area contributed by atoms with Crippen molar-refractivity contribution in [2.45, 2.75) is 51.6 Å². The third-order valence-corrected chi connectivity index (χ3v) is 4.62. The zero-order valence-electron chi connectivity index (χ0n) is 11.1. The number of rotatable bonds is 3. The van der Waals surface area contributed by atoms with Gasteiger partial charge in [0.25, 0.3) is 0 Å². The molecule has 0 radical (unpaired) electrons. The topological polar surface area (TPSA) is 49.4 Å². The third kappa shape index (κ3) is 1.74. The molecule has 1 heterocycles. The van der Waals surface area contributed by atoms with Crippen molar-refractivity contribution in [1.29, 1.82) is 0 Å². The minimum Gasteiger partial charge on any atom is -0.342 e. The van der Waals surface area contributed by atoms with Gasteiger partial charge in [0.1, 0.15) is 11.6 Å². The van der Waals surface area contributed by atoms with Gasteiger partial charge in [-0.2, -0.15) is 0 Å². The molecule has 1 saturated carbocycles. The molecule has 17 heavy (non-hydrogen) atoms. The molecule has 3 atom stereocenters. The van der Waals surface area contributed by atoms with Gasteiger partial charge in [0.15, 0.2) is 0 Å². The van der Waals surface area contributed by atoms with Crippen molar-refractivity contribution >= 4 is 11.8 Å². The van der Waals surface area contributed by atoms with Crippen LogP contribution in [0.5, 0.6) is 0 Å². The van der Waals surface area contributed by atoms with Crippen molar-refractivity contribution in [3.63, 3.8) is 0 Å². The van der Waals surface area contributed by atoms with Crippen LogP contribution in [0.2, 0.25) is 0 Å². The van der Waals surface area contributed by atoms with E-state index in [4.69, 9.17) is 0 Å². The van der Waals surface area contributed by atoms with Gasteiger partial charge in [0.05, 0.1) is 0 Å². The normalized spacial score (nSPS) is 35.8. The Morgan fingerprint density at radius 2 is 2.06 bits per heavy atom. The molecule has 1 aliphatic carbocycles. The molecule has 0 bridgehead atoms. The fourth-order valence-electron chi connectivity index (χ4n) is 2.66. The summed E-state index contributed by atoms with van der Waals surface area (Å²) in [6.07, 6.45) is 3.00. The minimum absolute atomic E-state index is 0.0207. The van der Waals surface area contributed by atoms with Crippen LogP contribution in [0.1, 0.15) is 40.0 Å². The molecule has 2 aliphatic rings. The maximum atomic E-state index is 12.3. The van der Waals surface area contributed by atoms with Crippen LogP contribution in [0.15, 0.2) is 0 Å². The first kappa shape index (κ1) is 12.4. The van der Waals surface area contributed by atoms with Gasteiger partial charge < -0.3 is 10.2 Å². The van der Waals surface area contributed by atoms with Crippen LogP contribution in [-0.4, -0.2) is 35.3 Å². The van der Waals surface area contributed by atoms with Crippen LogP contribution >= 0.6 is 0 Å². The predicted octanol–water partition coefficient (Wildman–Crippen LogP) is 1.16.